The van der Waals surface area contributed by atoms with E-state index >= 15 is 0 Å². The van der Waals surface area contributed by atoms with Gasteiger partial charge in [-0.25, -0.2) is 0 Å². The van der Waals surface area contributed by atoms with Gasteiger partial charge < -0.3 is 4.74 Å². The molecule has 0 spiro atoms. The van der Waals surface area contributed by atoms with Gasteiger partial charge in [-0.3, -0.25) is 11.3 Å². The largest absolute Gasteiger partial charge is 0.497 e. The van der Waals surface area contributed by atoms with E-state index in [1.165, 1.54) is 5.56 Å². The molecule has 1 rings (SSSR count). The molecule has 4 heteroatoms. The summed E-state index contributed by atoms with van der Waals surface area (Å²) in [4.78, 5) is 0. The molecule has 0 aliphatic heterocycles. The molecule has 1 unspecified atom stereocenters. The molecule has 0 amide bonds. The van der Waals surface area contributed by atoms with E-state index in [-0.39, 0.29) is 11.5 Å². The van der Waals surface area contributed by atoms with Gasteiger partial charge in [0.25, 0.3) is 0 Å². The number of benzene rings is 1. The van der Waals surface area contributed by atoms with E-state index in [1.807, 2.05) is 18.2 Å². The zero-order valence-corrected chi connectivity index (χ0v) is 12.5. The first-order valence-corrected chi connectivity index (χ1v) is 6.46. The first-order chi connectivity index (χ1) is 7.88. The van der Waals surface area contributed by atoms with Crippen LogP contribution < -0.4 is 16.0 Å². The van der Waals surface area contributed by atoms with Gasteiger partial charge in [0.05, 0.1) is 7.11 Å². The van der Waals surface area contributed by atoms with Gasteiger partial charge in [0.2, 0.25) is 0 Å². The van der Waals surface area contributed by atoms with E-state index in [9.17, 15) is 0 Å². The van der Waals surface area contributed by atoms with E-state index in [0.29, 0.717) is 0 Å². The molecular weight excluding hydrogens is 280 g/mol. The van der Waals surface area contributed by atoms with Crippen LogP contribution in [0.4, 0.5) is 0 Å². The number of hydrogen-bond acceptors (Lipinski definition) is 3. The Morgan fingerprint density at radius 1 is 1.41 bits per heavy atom. The summed E-state index contributed by atoms with van der Waals surface area (Å²) in [5.74, 6) is 6.50. The molecule has 0 saturated carbocycles. The van der Waals surface area contributed by atoms with Gasteiger partial charge >= 0.3 is 0 Å². The summed E-state index contributed by atoms with van der Waals surface area (Å²) < 4.78 is 6.32. The predicted octanol–water partition coefficient (Wildman–Crippen LogP) is 2.88. The van der Waals surface area contributed by atoms with E-state index in [1.54, 1.807) is 7.11 Å². The molecule has 0 saturated heterocycles. The van der Waals surface area contributed by atoms with Crippen molar-refractivity contribution in [2.24, 2.45) is 11.3 Å². The van der Waals surface area contributed by atoms with Gasteiger partial charge in [-0.05, 0) is 35.6 Å². The summed E-state index contributed by atoms with van der Waals surface area (Å²) in [6, 6.07) is 6.20. The van der Waals surface area contributed by atoms with Crippen LogP contribution >= 0.6 is 15.9 Å². The molecule has 0 heterocycles. The summed E-state index contributed by atoms with van der Waals surface area (Å²) in [5.41, 5.74) is 4.20. The second kappa shape index (κ2) is 5.85. The van der Waals surface area contributed by atoms with E-state index in [4.69, 9.17) is 10.6 Å². The van der Waals surface area contributed by atoms with Crippen molar-refractivity contribution in [1.29, 1.82) is 0 Å². The highest BCUT2D eigenvalue weighted by molar-refractivity contribution is 9.10. The van der Waals surface area contributed by atoms with Gasteiger partial charge in [0.15, 0.2) is 0 Å². The van der Waals surface area contributed by atoms with Gasteiger partial charge in [0.1, 0.15) is 5.75 Å². The molecule has 0 aromatic heterocycles. The van der Waals surface area contributed by atoms with Crippen LogP contribution in [0.2, 0.25) is 0 Å². The summed E-state index contributed by atoms with van der Waals surface area (Å²) >= 11 is 3.56. The number of nitrogens with one attached hydrogen (secondary N) is 1. The Hall–Kier alpha value is -0.580. The van der Waals surface area contributed by atoms with Crippen LogP contribution in [0.5, 0.6) is 5.75 Å². The lowest BCUT2D eigenvalue weighted by Crippen LogP contribution is -2.45. The van der Waals surface area contributed by atoms with Gasteiger partial charge in [-0.2, -0.15) is 0 Å². The Labute approximate surface area is 112 Å². The van der Waals surface area contributed by atoms with Crippen LogP contribution in [0.15, 0.2) is 22.7 Å². The quantitative estimate of drug-likeness (QED) is 0.664. The molecule has 1 atom stereocenters. The Morgan fingerprint density at radius 2 is 2.06 bits per heavy atom. The minimum Gasteiger partial charge on any atom is -0.497 e. The molecule has 17 heavy (non-hydrogen) atoms. The number of hydrazine groups is 1. The number of methoxy groups -OCH3 is 1. The van der Waals surface area contributed by atoms with Crippen molar-refractivity contribution in [3.63, 3.8) is 0 Å². The average Bonchev–Trinajstić information content (AvgIpc) is 2.26. The highest BCUT2D eigenvalue weighted by Crippen LogP contribution is 2.28. The standard InChI is InChI=1S/C13H21BrN2O/c1-13(2,3)12(16-15)8-9-7-10(17-4)5-6-11(9)14/h5-7,12,16H,8,15H2,1-4H3. The van der Waals surface area contributed by atoms with Gasteiger partial charge in [-0.15, -0.1) is 0 Å². The lowest BCUT2D eigenvalue weighted by atomic mass is 9.83. The zero-order chi connectivity index (χ0) is 13.1. The second-order valence-corrected chi connectivity index (χ2v) is 6.10. The number of hydrogen-bond donors (Lipinski definition) is 2. The highest BCUT2D eigenvalue weighted by atomic mass is 79.9. The van der Waals surface area contributed by atoms with E-state index < -0.39 is 0 Å². The third kappa shape index (κ3) is 3.98. The van der Waals surface area contributed by atoms with Crippen LogP contribution in [-0.4, -0.2) is 13.2 Å². The fourth-order valence-electron chi connectivity index (χ4n) is 1.67. The topological polar surface area (TPSA) is 47.3 Å². The van der Waals surface area contributed by atoms with Crippen molar-refractivity contribution in [2.75, 3.05) is 7.11 Å². The van der Waals surface area contributed by atoms with Crippen molar-refractivity contribution < 1.29 is 4.74 Å². The molecule has 96 valence electrons. The molecule has 0 fully saturated rings. The van der Waals surface area contributed by atoms with Crippen LogP contribution in [0.25, 0.3) is 0 Å². The number of rotatable bonds is 4. The first kappa shape index (κ1) is 14.5. The van der Waals surface area contributed by atoms with Crippen molar-refractivity contribution in [3.05, 3.63) is 28.2 Å². The molecule has 0 radical (unpaired) electrons. The van der Waals surface area contributed by atoms with Crippen LogP contribution in [0, 0.1) is 5.41 Å². The van der Waals surface area contributed by atoms with Crippen molar-refractivity contribution in [1.82, 2.24) is 5.43 Å². The molecule has 1 aromatic rings. The molecule has 0 aliphatic carbocycles. The Morgan fingerprint density at radius 3 is 2.53 bits per heavy atom. The van der Waals surface area contributed by atoms with Crippen molar-refractivity contribution >= 4 is 15.9 Å². The summed E-state index contributed by atoms with van der Waals surface area (Å²) in [6.07, 6.45) is 0.859. The summed E-state index contributed by atoms with van der Waals surface area (Å²) in [7, 11) is 1.68. The molecule has 3 nitrogen and oxygen atoms in total. The van der Waals surface area contributed by atoms with Crippen molar-refractivity contribution in [3.8, 4) is 5.75 Å². The normalized spacial score (nSPS) is 13.5. The smallest absolute Gasteiger partial charge is 0.119 e. The third-order valence-electron chi connectivity index (χ3n) is 2.92. The van der Waals surface area contributed by atoms with E-state index in [0.717, 1.165) is 16.6 Å². The van der Waals surface area contributed by atoms with Crippen LogP contribution in [0.1, 0.15) is 26.3 Å². The molecule has 0 aliphatic rings. The molecule has 1 aromatic carbocycles. The van der Waals surface area contributed by atoms with Gasteiger partial charge in [-0.1, -0.05) is 36.7 Å². The van der Waals surface area contributed by atoms with Crippen LogP contribution in [0.3, 0.4) is 0 Å². The van der Waals surface area contributed by atoms with Crippen LogP contribution in [-0.2, 0) is 6.42 Å². The lowest BCUT2D eigenvalue weighted by molar-refractivity contribution is 0.268. The monoisotopic (exact) mass is 300 g/mol. The number of nitrogens with two attached hydrogens (primary N) is 1. The third-order valence-corrected chi connectivity index (χ3v) is 3.70. The molecular formula is C13H21BrN2O. The number of ether oxygens (including phenoxy) is 1. The zero-order valence-electron chi connectivity index (χ0n) is 10.9. The number of halogens is 1. The maximum absolute atomic E-state index is 5.63. The van der Waals surface area contributed by atoms with Gasteiger partial charge in [0, 0.05) is 10.5 Å². The molecule has 3 N–H and O–H groups in total. The Kier molecular flexibility index (Phi) is 4.98. The summed E-state index contributed by atoms with van der Waals surface area (Å²) in [6.45, 7) is 6.52. The average molecular weight is 301 g/mol. The molecule has 0 bridgehead atoms. The lowest BCUT2D eigenvalue weighted by Gasteiger charge is -2.30. The fourth-order valence-corrected chi connectivity index (χ4v) is 2.08. The minimum atomic E-state index is 0.108. The Balaban J connectivity index is 2.93. The second-order valence-electron chi connectivity index (χ2n) is 5.25. The van der Waals surface area contributed by atoms with E-state index in [2.05, 4.69) is 42.1 Å². The maximum Gasteiger partial charge on any atom is 0.119 e. The fraction of sp³-hybridized carbons (Fsp3) is 0.538. The predicted molar refractivity (Wildman–Crippen MR) is 75.0 cm³/mol. The summed E-state index contributed by atoms with van der Waals surface area (Å²) in [5, 5.41) is 0. The van der Waals surface area contributed by atoms with Crippen molar-refractivity contribution in [2.45, 2.75) is 33.2 Å². The Bertz CT molecular complexity index is 374. The highest BCUT2D eigenvalue weighted by Gasteiger charge is 2.24. The maximum atomic E-state index is 5.63. The SMILES string of the molecule is COc1ccc(Br)c(CC(NN)C(C)(C)C)c1. The first-order valence-electron chi connectivity index (χ1n) is 5.67. The minimum absolute atomic E-state index is 0.108.